The van der Waals surface area contributed by atoms with Gasteiger partial charge in [-0.1, -0.05) is 133 Å². The highest BCUT2D eigenvalue weighted by Crippen LogP contribution is 2.46. The Morgan fingerprint density at radius 2 is 0.631 bits per heavy atom. The Hall–Kier alpha value is -8.80. The summed E-state index contributed by atoms with van der Waals surface area (Å²) in [4.78, 5) is 0. The van der Waals surface area contributed by atoms with Gasteiger partial charge in [0, 0.05) is 65.6 Å². The largest absolute Gasteiger partial charge is 0.455 e. The van der Waals surface area contributed by atoms with Gasteiger partial charge in [0.05, 0.1) is 32.8 Å². The molecule has 15 rings (SSSR count). The molecular weight excluding hydrogens is 797 g/mol. The molecule has 0 saturated carbocycles. The summed E-state index contributed by atoms with van der Waals surface area (Å²) in [5.41, 5.74) is 16.4. The molecule has 5 heterocycles. The van der Waals surface area contributed by atoms with E-state index in [1.807, 2.05) is 24.3 Å². The third kappa shape index (κ3) is 4.76. The van der Waals surface area contributed by atoms with Gasteiger partial charge in [0.1, 0.15) is 33.5 Å². The molecule has 0 atom stereocenters. The summed E-state index contributed by atoms with van der Waals surface area (Å²) in [6, 6.07) is 73.4. The van der Waals surface area contributed by atoms with Crippen molar-refractivity contribution in [3.8, 4) is 33.6 Å². The summed E-state index contributed by atoms with van der Waals surface area (Å²) >= 11 is 0. The Labute approximate surface area is 370 Å². The molecule has 5 nitrogen and oxygen atoms in total. The lowest BCUT2D eigenvalue weighted by molar-refractivity contribution is 0.669. The van der Waals surface area contributed by atoms with Crippen LogP contribution < -0.4 is 0 Å². The van der Waals surface area contributed by atoms with Crippen LogP contribution in [0.2, 0.25) is 0 Å². The molecule has 15 aromatic rings. The molecule has 0 aliphatic rings. The molecule has 5 heteroatoms. The minimum atomic E-state index is 0.897. The monoisotopic (exact) mass is 830 g/mol. The fourth-order valence-corrected chi connectivity index (χ4v) is 10.9. The smallest absolute Gasteiger partial charge is 0.145 e. The second-order valence-corrected chi connectivity index (χ2v) is 17.1. The highest BCUT2D eigenvalue weighted by molar-refractivity contribution is 6.29. The van der Waals surface area contributed by atoms with Crippen molar-refractivity contribution in [1.29, 1.82) is 0 Å². The van der Waals surface area contributed by atoms with Gasteiger partial charge in [-0.2, -0.15) is 0 Å². The van der Waals surface area contributed by atoms with Gasteiger partial charge in [0.15, 0.2) is 0 Å². The first kappa shape index (κ1) is 34.7. The maximum Gasteiger partial charge on any atom is 0.145 e. The van der Waals surface area contributed by atoms with Gasteiger partial charge in [-0.05, 0) is 83.9 Å². The van der Waals surface area contributed by atoms with E-state index in [0.717, 1.165) is 143 Å². The molecule has 0 radical (unpaired) electrons. The van der Waals surface area contributed by atoms with Gasteiger partial charge in [0.25, 0.3) is 0 Å². The van der Waals surface area contributed by atoms with Crippen LogP contribution in [0.5, 0.6) is 0 Å². The van der Waals surface area contributed by atoms with Gasteiger partial charge in [-0.3, -0.25) is 0 Å². The molecule has 5 aromatic heterocycles. The molecule has 0 N–H and O–H groups in total. The van der Waals surface area contributed by atoms with E-state index in [4.69, 9.17) is 13.3 Å². The molecular formula is C60H34N2O3. The van der Waals surface area contributed by atoms with E-state index in [1.165, 1.54) is 0 Å². The lowest BCUT2D eigenvalue weighted by Gasteiger charge is -2.10. The average Bonchev–Trinajstić information content (AvgIpc) is 4.18. The number of aromatic nitrogens is 2. The van der Waals surface area contributed by atoms with E-state index in [-0.39, 0.29) is 0 Å². The van der Waals surface area contributed by atoms with Gasteiger partial charge in [0.2, 0.25) is 0 Å². The highest BCUT2D eigenvalue weighted by atomic mass is 16.3. The van der Waals surface area contributed by atoms with Crippen LogP contribution in [0.15, 0.2) is 220 Å². The van der Waals surface area contributed by atoms with E-state index in [1.54, 1.807) is 0 Å². The van der Waals surface area contributed by atoms with Crippen molar-refractivity contribution in [1.82, 2.24) is 9.13 Å². The van der Waals surface area contributed by atoms with E-state index < -0.39 is 0 Å². The van der Waals surface area contributed by atoms with Crippen LogP contribution in [0.25, 0.3) is 143 Å². The van der Waals surface area contributed by atoms with Crippen molar-refractivity contribution in [3.63, 3.8) is 0 Å². The summed E-state index contributed by atoms with van der Waals surface area (Å²) in [6.45, 7) is 0. The number of hydrogen-bond donors (Lipinski definition) is 0. The molecule has 65 heavy (non-hydrogen) atoms. The van der Waals surface area contributed by atoms with Crippen LogP contribution in [0.4, 0.5) is 0 Å². The molecule has 0 unspecified atom stereocenters. The van der Waals surface area contributed by atoms with Gasteiger partial charge >= 0.3 is 0 Å². The zero-order valence-corrected chi connectivity index (χ0v) is 34.7. The van der Waals surface area contributed by atoms with E-state index in [2.05, 4.69) is 191 Å². The standard InChI is InChI=1S/C60H34N2O3/c1-5-19-49-47(13-1)55-51(61(49)37-27-23-35(24-28-37)39-15-9-17-43-41-11-3-7-21-53(41)63-57(39)43)33-31-45-46-32-34-52-56(60(46)65-59(45)55)48-14-2-6-20-50(48)62(52)38-29-25-36(26-30-38)40-16-10-18-44-42-12-4-8-22-54(42)64-58(40)44/h1-34H. The van der Waals surface area contributed by atoms with E-state index in [0.29, 0.717) is 0 Å². The summed E-state index contributed by atoms with van der Waals surface area (Å²) in [5.74, 6) is 0. The van der Waals surface area contributed by atoms with Crippen molar-refractivity contribution in [2.24, 2.45) is 0 Å². The minimum Gasteiger partial charge on any atom is -0.455 e. The van der Waals surface area contributed by atoms with Gasteiger partial charge in [-0.15, -0.1) is 0 Å². The van der Waals surface area contributed by atoms with Crippen LogP contribution in [-0.4, -0.2) is 9.13 Å². The summed E-state index contributed by atoms with van der Waals surface area (Å²) in [6.07, 6.45) is 0. The van der Waals surface area contributed by atoms with Crippen LogP contribution in [0.1, 0.15) is 0 Å². The minimum absolute atomic E-state index is 0.897. The Balaban J connectivity index is 0.884. The zero-order valence-electron chi connectivity index (χ0n) is 34.7. The number of hydrogen-bond acceptors (Lipinski definition) is 3. The predicted molar refractivity (Wildman–Crippen MR) is 268 cm³/mol. The lowest BCUT2D eigenvalue weighted by atomic mass is 10.0. The molecule has 0 saturated heterocycles. The van der Waals surface area contributed by atoms with Crippen LogP contribution in [0.3, 0.4) is 0 Å². The van der Waals surface area contributed by atoms with Gasteiger partial charge < -0.3 is 22.4 Å². The molecule has 302 valence electrons. The Kier molecular flexibility index (Phi) is 6.89. The zero-order chi connectivity index (χ0) is 42.3. The Bertz CT molecular complexity index is 4170. The molecule has 10 aromatic carbocycles. The molecule has 0 aliphatic heterocycles. The summed E-state index contributed by atoms with van der Waals surface area (Å²) in [5, 5.41) is 11.3. The topological polar surface area (TPSA) is 49.3 Å². The van der Waals surface area contributed by atoms with Crippen molar-refractivity contribution in [2.75, 3.05) is 0 Å². The molecule has 0 amide bonds. The first-order chi connectivity index (χ1) is 32.2. The van der Waals surface area contributed by atoms with E-state index >= 15 is 0 Å². The van der Waals surface area contributed by atoms with Crippen molar-refractivity contribution < 1.29 is 13.3 Å². The SMILES string of the molecule is c1ccc2c(c1)oc1c(-c3ccc(-n4c5ccccc5c5c6oc7c(ccc8c7c7ccccc7n8-c7ccc(-c8cccc9c8oc8ccccc89)cc7)c6ccc54)cc3)cccc12. The quantitative estimate of drug-likeness (QED) is 0.177. The number of fused-ring (bicyclic) bond motifs is 17. The Morgan fingerprint density at radius 3 is 1.09 bits per heavy atom. The number of benzene rings is 10. The van der Waals surface area contributed by atoms with Crippen LogP contribution in [0, 0.1) is 0 Å². The third-order valence-electron chi connectivity index (χ3n) is 13.8. The second kappa shape index (κ2) is 12.9. The maximum atomic E-state index is 7.23. The van der Waals surface area contributed by atoms with Crippen LogP contribution >= 0.6 is 0 Å². The first-order valence-corrected chi connectivity index (χ1v) is 22.1. The van der Waals surface area contributed by atoms with Crippen LogP contribution in [-0.2, 0) is 0 Å². The van der Waals surface area contributed by atoms with E-state index in [9.17, 15) is 0 Å². The van der Waals surface area contributed by atoms with Crippen molar-refractivity contribution in [2.45, 2.75) is 0 Å². The van der Waals surface area contributed by atoms with Crippen molar-refractivity contribution in [3.05, 3.63) is 206 Å². The number of nitrogens with zero attached hydrogens (tertiary/aromatic N) is 2. The fourth-order valence-electron chi connectivity index (χ4n) is 10.9. The average molecular weight is 831 g/mol. The number of rotatable bonds is 4. The normalized spacial score (nSPS) is 12.3. The second-order valence-electron chi connectivity index (χ2n) is 17.1. The first-order valence-electron chi connectivity index (χ1n) is 22.1. The predicted octanol–water partition coefficient (Wildman–Crippen LogP) is 16.9. The molecule has 0 spiro atoms. The third-order valence-corrected chi connectivity index (χ3v) is 13.8. The maximum absolute atomic E-state index is 7.23. The van der Waals surface area contributed by atoms with Gasteiger partial charge in [-0.25, -0.2) is 0 Å². The molecule has 0 fully saturated rings. The number of furan rings is 3. The lowest BCUT2D eigenvalue weighted by Crippen LogP contribution is -1.93. The Morgan fingerprint density at radius 1 is 0.246 bits per heavy atom. The highest BCUT2D eigenvalue weighted by Gasteiger charge is 2.23. The van der Waals surface area contributed by atoms with Crippen molar-refractivity contribution >= 4 is 109 Å². The molecule has 0 aliphatic carbocycles. The fraction of sp³-hybridized carbons (Fsp3) is 0. The summed E-state index contributed by atoms with van der Waals surface area (Å²) < 4.78 is 24.8. The molecule has 0 bridgehead atoms. The summed E-state index contributed by atoms with van der Waals surface area (Å²) in [7, 11) is 0. The number of para-hydroxylation sites is 6.